The second kappa shape index (κ2) is 9.69. The summed E-state index contributed by atoms with van der Waals surface area (Å²) in [6.07, 6.45) is 3.51. The molecule has 2 N–H and O–H groups in total. The zero-order valence-corrected chi connectivity index (χ0v) is 18.3. The van der Waals surface area contributed by atoms with E-state index in [-0.39, 0.29) is 0 Å². The van der Waals surface area contributed by atoms with Gasteiger partial charge >= 0.3 is 6.03 Å². The highest BCUT2D eigenvalue weighted by Crippen LogP contribution is 2.30. The van der Waals surface area contributed by atoms with Crippen LogP contribution in [-0.2, 0) is 0 Å². The number of hydrogen-bond donors (Lipinski definition) is 2. The number of aromatic nitrogens is 4. The molecule has 0 bridgehead atoms. The fourth-order valence-corrected chi connectivity index (χ4v) is 3.05. The first-order valence-corrected chi connectivity index (χ1v) is 9.97. The molecule has 0 spiro atoms. The Bertz CT molecular complexity index is 1240. The molecule has 2 amide bonds. The van der Waals surface area contributed by atoms with Crippen molar-refractivity contribution < 1.29 is 19.0 Å². The van der Waals surface area contributed by atoms with Gasteiger partial charge in [-0.25, -0.2) is 9.78 Å². The number of benzene rings is 2. The Balaban J connectivity index is 1.34. The number of urea groups is 1. The summed E-state index contributed by atoms with van der Waals surface area (Å²) < 4.78 is 18.0. The molecule has 2 heterocycles. The molecule has 0 fully saturated rings. The lowest BCUT2D eigenvalue weighted by Crippen LogP contribution is -2.19. The highest BCUT2D eigenvalue weighted by Gasteiger charge is 2.09. The van der Waals surface area contributed by atoms with Gasteiger partial charge in [-0.3, -0.25) is 4.57 Å². The van der Waals surface area contributed by atoms with Crippen molar-refractivity contribution in [2.45, 2.75) is 6.92 Å². The van der Waals surface area contributed by atoms with Crippen molar-refractivity contribution in [3.05, 3.63) is 72.8 Å². The number of nitrogens with one attached hydrogen (secondary N) is 2. The highest BCUT2D eigenvalue weighted by atomic mass is 16.5. The van der Waals surface area contributed by atoms with Gasteiger partial charge in [0.25, 0.3) is 0 Å². The topological polar surface area (TPSA) is 112 Å². The number of imidazole rings is 1. The van der Waals surface area contributed by atoms with Gasteiger partial charge in [0.2, 0.25) is 5.88 Å². The predicted octanol–water partition coefficient (Wildman–Crippen LogP) is 4.42. The largest absolute Gasteiger partial charge is 0.493 e. The summed E-state index contributed by atoms with van der Waals surface area (Å²) in [6, 6.07) is 15.1. The van der Waals surface area contributed by atoms with Crippen LogP contribution in [0.1, 0.15) is 5.82 Å². The number of ether oxygens (including phenoxy) is 3. The van der Waals surface area contributed by atoms with Crippen molar-refractivity contribution >= 4 is 17.4 Å². The Hall–Kier alpha value is -4.60. The lowest BCUT2D eigenvalue weighted by atomic mass is 10.2. The Kier molecular flexibility index (Phi) is 6.35. The smallest absolute Gasteiger partial charge is 0.323 e. The lowest BCUT2D eigenvalue weighted by molar-refractivity contribution is 0.262. The summed E-state index contributed by atoms with van der Waals surface area (Å²) >= 11 is 0. The number of aryl methyl sites for hydroxylation is 1. The van der Waals surface area contributed by atoms with E-state index in [0.29, 0.717) is 40.3 Å². The summed E-state index contributed by atoms with van der Waals surface area (Å²) in [6.45, 7) is 1.88. The molecule has 0 radical (unpaired) electrons. The van der Waals surface area contributed by atoms with Crippen molar-refractivity contribution in [3.8, 4) is 28.9 Å². The second-order valence-corrected chi connectivity index (χ2v) is 6.85. The number of hydrogen-bond acceptors (Lipinski definition) is 7. The number of amides is 2. The van der Waals surface area contributed by atoms with Crippen LogP contribution in [0.4, 0.5) is 16.2 Å². The maximum absolute atomic E-state index is 12.3. The maximum Gasteiger partial charge on any atom is 0.323 e. The van der Waals surface area contributed by atoms with Crippen molar-refractivity contribution in [1.82, 2.24) is 19.7 Å². The number of rotatable bonds is 7. The number of anilines is 2. The number of carbonyl (C=O) groups is 1. The molecule has 168 valence electrons. The minimum atomic E-state index is -0.396. The Morgan fingerprint density at radius 2 is 1.61 bits per heavy atom. The van der Waals surface area contributed by atoms with E-state index in [9.17, 15) is 4.79 Å². The molecule has 2 aromatic heterocycles. The van der Waals surface area contributed by atoms with E-state index < -0.39 is 6.03 Å². The molecule has 4 aromatic rings. The van der Waals surface area contributed by atoms with Gasteiger partial charge < -0.3 is 24.8 Å². The minimum absolute atomic E-state index is 0.350. The molecule has 0 atom stereocenters. The summed E-state index contributed by atoms with van der Waals surface area (Å²) in [5, 5.41) is 13.8. The second-order valence-electron chi connectivity index (χ2n) is 6.85. The van der Waals surface area contributed by atoms with Gasteiger partial charge in [0, 0.05) is 35.9 Å². The SMILES string of the molecule is COc1ccc(NC(=O)Nc2ccc(Oc3ccc(-n4ccnc4C)nn3)cc2)cc1OC. The Labute approximate surface area is 190 Å². The van der Waals surface area contributed by atoms with Gasteiger partial charge in [0.1, 0.15) is 11.6 Å². The molecular formula is C23H22N6O4. The average Bonchev–Trinajstić information content (AvgIpc) is 3.26. The average molecular weight is 446 g/mol. The van der Waals surface area contributed by atoms with Crippen LogP contribution in [0.2, 0.25) is 0 Å². The number of methoxy groups -OCH3 is 2. The van der Waals surface area contributed by atoms with E-state index in [4.69, 9.17) is 14.2 Å². The first kappa shape index (κ1) is 21.6. The Morgan fingerprint density at radius 1 is 0.879 bits per heavy atom. The van der Waals surface area contributed by atoms with Gasteiger partial charge in [-0.2, -0.15) is 0 Å². The normalized spacial score (nSPS) is 10.4. The first-order valence-electron chi connectivity index (χ1n) is 9.97. The van der Waals surface area contributed by atoms with Crippen LogP contribution in [0.25, 0.3) is 5.82 Å². The molecule has 0 aliphatic heterocycles. The maximum atomic E-state index is 12.3. The molecule has 2 aromatic carbocycles. The summed E-state index contributed by atoms with van der Waals surface area (Å²) in [5.74, 6) is 3.47. The van der Waals surface area contributed by atoms with Crippen LogP contribution < -0.4 is 24.8 Å². The molecule has 0 aliphatic carbocycles. The first-order chi connectivity index (χ1) is 16.1. The Morgan fingerprint density at radius 3 is 2.24 bits per heavy atom. The van der Waals surface area contributed by atoms with E-state index in [1.807, 2.05) is 17.7 Å². The zero-order chi connectivity index (χ0) is 23.2. The number of nitrogens with zero attached hydrogens (tertiary/aromatic N) is 4. The summed E-state index contributed by atoms with van der Waals surface area (Å²) in [7, 11) is 3.08. The fourth-order valence-electron chi connectivity index (χ4n) is 3.05. The van der Waals surface area contributed by atoms with Gasteiger partial charge in [-0.15, -0.1) is 10.2 Å². The summed E-state index contributed by atoms with van der Waals surface area (Å²) in [5.41, 5.74) is 1.16. The van der Waals surface area contributed by atoms with Gasteiger partial charge in [0.05, 0.1) is 14.2 Å². The third-order valence-corrected chi connectivity index (χ3v) is 4.67. The highest BCUT2D eigenvalue weighted by molar-refractivity contribution is 5.99. The van der Waals surface area contributed by atoms with Crippen LogP contribution >= 0.6 is 0 Å². The van der Waals surface area contributed by atoms with Crippen molar-refractivity contribution in [2.24, 2.45) is 0 Å². The fraction of sp³-hybridized carbons (Fsp3) is 0.130. The van der Waals surface area contributed by atoms with Gasteiger partial charge in [0.15, 0.2) is 17.3 Å². The van der Waals surface area contributed by atoms with E-state index in [1.54, 1.807) is 67.9 Å². The van der Waals surface area contributed by atoms with Crippen LogP contribution in [0, 0.1) is 6.92 Å². The molecule has 0 saturated carbocycles. The molecule has 10 heteroatoms. The monoisotopic (exact) mass is 446 g/mol. The van der Waals surface area contributed by atoms with E-state index in [1.165, 1.54) is 7.11 Å². The molecule has 33 heavy (non-hydrogen) atoms. The minimum Gasteiger partial charge on any atom is -0.493 e. The van der Waals surface area contributed by atoms with Crippen LogP contribution in [0.5, 0.6) is 23.1 Å². The molecule has 4 rings (SSSR count). The number of carbonyl (C=O) groups excluding carboxylic acids is 1. The molecule has 10 nitrogen and oxygen atoms in total. The zero-order valence-electron chi connectivity index (χ0n) is 18.3. The standard InChI is InChI=1S/C23H22N6O4/c1-15-24-12-13-29(15)21-10-11-22(28-27-21)33-18-7-4-16(5-8-18)25-23(30)26-17-6-9-19(31-2)20(14-17)32-3/h4-14H,1-3H3,(H2,25,26,30). The predicted molar refractivity (Wildman–Crippen MR) is 123 cm³/mol. The van der Waals surface area contributed by atoms with E-state index >= 15 is 0 Å². The third-order valence-electron chi connectivity index (χ3n) is 4.67. The van der Waals surface area contributed by atoms with Crippen LogP contribution in [0.3, 0.4) is 0 Å². The van der Waals surface area contributed by atoms with Crippen molar-refractivity contribution in [1.29, 1.82) is 0 Å². The third kappa shape index (κ3) is 5.18. The molecule has 0 saturated heterocycles. The van der Waals surface area contributed by atoms with Crippen LogP contribution in [-0.4, -0.2) is 40.0 Å². The van der Waals surface area contributed by atoms with E-state index in [0.717, 1.165) is 5.82 Å². The van der Waals surface area contributed by atoms with Gasteiger partial charge in [-0.1, -0.05) is 0 Å². The van der Waals surface area contributed by atoms with E-state index in [2.05, 4.69) is 25.8 Å². The summed E-state index contributed by atoms with van der Waals surface area (Å²) in [4.78, 5) is 16.5. The van der Waals surface area contributed by atoms with Crippen molar-refractivity contribution in [3.63, 3.8) is 0 Å². The van der Waals surface area contributed by atoms with Crippen LogP contribution in [0.15, 0.2) is 67.0 Å². The van der Waals surface area contributed by atoms with Gasteiger partial charge in [-0.05, 0) is 49.4 Å². The molecule has 0 aliphatic rings. The van der Waals surface area contributed by atoms with Crippen molar-refractivity contribution in [2.75, 3.05) is 24.9 Å². The quantitative estimate of drug-likeness (QED) is 0.432. The lowest BCUT2D eigenvalue weighted by Gasteiger charge is -2.11. The molecule has 0 unspecified atom stereocenters. The molecular weight excluding hydrogens is 424 g/mol.